The van der Waals surface area contributed by atoms with Crippen LogP contribution in [0.3, 0.4) is 0 Å². The maximum Gasteiger partial charge on any atom is 0.144 e. The Morgan fingerprint density at radius 2 is 1.74 bits per heavy atom. The SMILES string of the molecule is Cc1cc2c(ccc3c4cccc(-c5cc(C(C)C)c(C)cn5)c4oc23)s1. The van der Waals surface area contributed by atoms with Gasteiger partial charge in [0.2, 0.25) is 0 Å². The Morgan fingerprint density at radius 1 is 0.926 bits per heavy atom. The van der Waals surface area contributed by atoms with Crippen LogP contribution in [0.15, 0.2) is 53.1 Å². The van der Waals surface area contributed by atoms with Crippen molar-refractivity contribution in [1.29, 1.82) is 0 Å². The molecule has 0 aliphatic heterocycles. The minimum atomic E-state index is 0.468. The van der Waals surface area contributed by atoms with E-state index in [0.29, 0.717) is 5.92 Å². The van der Waals surface area contributed by atoms with E-state index in [0.717, 1.165) is 27.8 Å². The van der Waals surface area contributed by atoms with Gasteiger partial charge in [-0.25, -0.2) is 0 Å². The third kappa shape index (κ3) is 2.49. The quantitative estimate of drug-likeness (QED) is 0.319. The number of aryl methyl sites for hydroxylation is 2. The number of aromatic nitrogens is 1. The highest BCUT2D eigenvalue weighted by molar-refractivity contribution is 7.19. The van der Waals surface area contributed by atoms with Crippen molar-refractivity contribution in [3.8, 4) is 11.3 Å². The van der Waals surface area contributed by atoms with Gasteiger partial charge < -0.3 is 4.42 Å². The molecule has 27 heavy (non-hydrogen) atoms. The fourth-order valence-corrected chi connectivity index (χ4v) is 4.93. The normalized spacial score (nSPS) is 12.0. The molecule has 0 N–H and O–H groups in total. The second kappa shape index (κ2) is 5.93. The van der Waals surface area contributed by atoms with Crippen LogP contribution in [0.25, 0.3) is 43.3 Å². The Hall–Kier alpha value is -2.65. The predicted octanol–water partition coefficient (Wildman–Crippen LogP) is 7.60. The molecule has 0 bridgehead atoms. The number of para-hydroxylation sites is 1. The number of rotatable bonds is 2. The number of benzene rings is 2. The summed E-state index contributed by atoms with van der Waals surface area (Å²) in [5, 5.41) is 3.53. The van der Waals surface area contributed by atoms with Crippen molar-refractivity contribution in [3.05, 3.63) is 64.7 Å². The Morgan fingerprint density at radius 3 is 2.56 bits per heavy atom. The van der Waals surface area contributed by atoms with Crippen molar-refractivity contribution in [2.24, 2.45) is 0 Å². The Balaban J connectivity index is 1.83. The third-order valence-electron chi connectivity index (χ3n) is 5.33. The summed E-state index contributed by atoms with van der Waals surface area (Å²) < 4.78 is 7.74. The summed E-state index contributed by atoms with van der Waals surface area (Å²) in [5.74, 6) is 0.468. The molecule has 0 fully saturated rings. The van der Waals surface area contributed by atoms with Crippen LogP contribution in [0.2, 0.25) is 0 Å². The summed E-state index contributed by atoms with van der Waals surface area (Å²) in [4.78, 5) is 6.03. The molecule has 3 aromatic heterocycles. The van der Waals surface area contributed by atoms with Gasteiger partial charge in [-0.15, -0.1) is 11.3 Å². The molecule has 0 amide bonds. The van der Waals surface area contributed by atoms with Crippen LogP contribution < -0.4 is 0 Å². The van der Waals surface area contributed by atoms with E-state index in [1.54, 1.807) is 0 Å². The first-order chi connectivity index (χ1) is 13.0. The number of hydrogen-bond acceptors (Lipinski definition) is 3. The maximum atomic E-state index is 6.46. The fraction of sp³-hybridized carbons (Fsp3) is 0.208. The molecule has 3 heteroatoms. The molecule has 5 aromatic rings. The van der Waals surface area contributed by atoms with Gasteiger partial charge >= 0.3 is 0 Å². The average Bonchev–Trinajstić information content (AvgIpc) is 3.21. The first-order valence-corrected chi connectivity index (χ1v) is 10.2. The molecular formula is C24H21NOS. The zero-order valence-electron chi connectivity index (χ0n) is 16.0. The first-order valence-electron chi connectivity index (χ1n) is 9.34. The van der Waals surface area contributed by atoms with Gasteiger partial charge in [-0.1, -0.05) is 26.0 Å². The Labute approximate surface area is 162 Å². The monoisotopic (exact) mass is 371 g/mol. The number of pyridine rings is 1. The molecule has 0 aliphatic rings. The molecule has 3 heterocycles. The zero-order valence-corrected chi connectivity index (χ0v) is 16.8. The first kappa shape index (κ1) is 16.5. The minimum Gasteiger partial charge on any atom is -0.455 e. The van der Waals surface area contributed by atoms with Gasteiger partial charge in [-0.05, 0) is 61.2 Å². The highest BCUT2D eigenvalue weighted by Gasteiger charge is 2.16. The predicted molar refractivity (Wildman–Crippen MR) is 116 cm³/mol. The van der Waals surface area contributed by atoms with Crippen LogP contribution in [0.1, 0.15) is 35.8 Å². The highest BCUT2D eigenvalue weighted by Crippen LogP contribution is 2.40. The summed E-state index contributed by atoms with van der Waals surface area (Å²) in [5.41, 5.74) is 6.52. The van der Waals surface area contributed by atoms with Crippen LogP contribution in [0.5, 0.6) is 0 Å². The largest absolute Gasteiger partial charge is 0.455 e. The highest BCUT2D eigenvalue weighted by atomic mass is 32.1. The van der Waals surface area contributed by atoms with Gasteiger partial charge in [0, 0.05) is 37.5 Å². The van der Waals surface area contributed by atoms with Crippen LogP contribution in [0, 0.1) is 13.8 Å². The number of hydrogen-bond donors (Lipinski definition) is 0. The summed E-state index contributed by atoms with van der Waals surface area (Å²) >= 11 is 1.81. The molecule has 0 saturated heterocycles. The summed E-state index contributed by atoms with van der Waals surface area (Å²) in [6, 6.07) is 15.2. The molecule has 0 spiro atoms. The fourth-order valence-electron chi connectivity index (χ4n) is 4.01. The third-order valence-corrected chi connectivity index (χ3v) is 6.34. The number of furan rings is 1. The summed E-state index contributed by atoms with van der Waals surface area (Å²) in [6.07, 6.45) is 1.98. The van der Waals surface area contributed by atoms with Gasteiger partial charge in [0.15, 0.2) is 0 Å². The topological polar surface area (TPSA) is 26.0 Å². The lowest BCUT2D eigenvalue weighted by Crippen LogP contribution is -1.95. The van der Waals surface area contributed by atoms with Crippen molar-refractivity contribution in [3.63, 3.8) is 0 Å². The lowest BCUT2D eigenvalue weighted by molar-refractivity contribution is 0.673. The standard InChI is InChI=1S/C24H21NOS/c1-13(2)19-11-21(25-12-14(19)3)18-7-5-6-16-17-8-9-22-20(10-15(4)27-22)24(17)26-23(16)18/h5-13H,1-4H3. The minimum absolute atomic E-state index is 0.468. The lowest BCUT2D eigenvalue weighted by Gasteiger charge is -2.11. The summed E-state index contributed by atoms with van der Waals surface area (Å²) in [6.45, 7) is 8.73. The molecule has 0 atom stereocenters. The molecule has 0 saturated carbocycles. The van der Waals surface area contributed by atoms with Gasteiger partial charge in [0.25, 0.3) is 0 Å². The second-order valence-electron chi connectivity index (χ2n) is 7.58. The zero-order chi connectivity index (χ0) is 18.7. The van der Waals surface area contributed by atoms with E-state index in [2.05, 4.69) is 70.2 Å². The molecule has 2 aromatic carbocycles. The van der Waals surface area contributed by atoms with Crippen molar-refractivity contribution in [1.82, 2.24) is 4.98 Å². The second-order valence-corrected chi connectivity index (χ2v) is 8.86. The molecule has 0 radical (unpaired) electrons. The van der Waals surface area contributed by atoms with Gasteiger partial charge in [0.1, 0.15) is 11.2 Å². The number of fused-ring (bicyclic) bond motifs is 5. The maximum absolute atomic E-state index is 6.46. The average molecular weight is 372 g/mol. The van der Waals surface area contributed by atoms with Gasteiger partial charge in [-0.3, -0.25) is 4.98 Å². The van der Waals surface area contributed by atoms with E-state index >= 15 is 0 Å². The van der Waals surface area contributed by atoms with E-state index in [4.69, 9.17) is 9.40 Å². The number of nitrogens with zero attached hydrogens (tertiary/aromatic N) is 1. The van der Waals surface area contributed by atoms with Crippen molar-refractivity contribution < 1.29 is 4.42 Å². The summed E-state index contributed by atoms with van der Waals surface area (Å²) in [7, 11) is 0. The van der Waals surface area contributed by atoms with E-state index in [9.17, 15) is 0 Å². The van der Waals surface area contributed by atoms with Crippen molar-refractivity contribution in [2.45, 2.75) is 33.6 Å². The van der Waals surface area contributed by atoms with Crippen LogP contribution >= 0.6 is 11.3 Å². The number of thiophene rings is 1. The van der Waals surface area contributed by atoms with Crippen molar-refractivity contribution in [2.75, 3.05) is 0 Å². The van der Waals surface area contributed by atoms with Crippen molar-refractivity contribution >= 4 is 43.4 Å². The molecule has 0 aliphatic carbocycles. The van der Waals surface area contributed by atoms with Gasteiger partial charge in [-0.2, -0.15) is 0 Å². The molecular weight excluding hydrogens is 350 g/mol. The molecule has 134 valence electrons. The van der Waals surface area contributed by atoms with Crippen LogP contribution in [-0.4, -0.2) is 4.98 Å². The molecule has 2 nitrogen and oxygen atoms in total. The van der Waals surface area contributed by atoms with E-state index < -0.39 is 0 Å². The van der Waals surface area contributed by atoms with Crippen LogP contribution in [0.4, 0.5) is 0 Å². The van der Waals surface area contributed by atoms with E-state index in [1.165, 1.54) is 31.5 Å². The van der Waals surface area contributed by atoms with E-state index in [-0.39, 0.29) is 0 Å². The Kier molecular flexibility index (Phi) is 3.63. The lowest BCUT2D eigenvalue weighted by atomic mass is 9.97. The smallest absolute Gasteiger partial charge is 0.144 e. The molecule has 0 unspecified atom stereocenters. The van der Waals surface area contributed by atoms with Crippen LogP contribution in [-0.2, 0) is 0 Å². The molecule has 5 rings (SSSR count). The van der Waals surface area contributed by atoms with E-state index in [1.807, 2.05) is 17.5 Å². The van der Waals surface area contributed by atoms with Gasteiger partial charge in [0.05, 0.1) is 5.69 Å². The Bertz CT molecular complexity index is 1320.